The van der Waals surface area contributed by atoms with Gasteiger partial charge in [0.15, 0.2) is 0 Å². The molecule has 0 unspecified atom stereocenters. The molecule has 0 saturated carbocycles. The first-order chi connectivity index (χ1) is 12.6. The van der Waals surface area contributed by atoms with Crippen molar-refractivity contribution in [3.8, 4) is 11.1 Å². The Bertz CT molecular complexity index is 946. The second-order valence-corrected chi connectivity index (χ2v) is 6.10. The van der Waals surface area contributed by atoms with Crippen molar-refractivity contribution in [1.82, 2.24) is 0 Å². The number of benzene rings is 3. The van der Waals surface area contributed by atoms with E-state index in [0.717, 1.165) is 11.1 Å². The third kappa shape index (κ3) is 4.37. The normalized spacial score (nSPS) is 11.3. The van der Waals surface area contributed by atoms with E-state index in [1.165, 1.54) is 16.7 Å². The monoisotopic (exact) mass is 340 g/mol. The number of aryl methyl sites for hydroxylation is 1. The van der Waals surface area contributed by atoms with Crippen LogP contribution >= 0.6 is 0 Å². The molecule has 0 aliphatic rings. The number of carboxylic acid groups (broad SMARTS) is 1. The van der Waals surface area contributed by atoms with Crippen molar-refractivity contribution in [2.24, 2.45) is 0 Å². The van der Waals surface area contributed by atoms with Crippen molar-refractivity contribution in [1.29, 1.82) is 0 Å². The van der Waals surface area contributed by atoms with Crippen LogP contribution in [0.5, 0.6) is 0 Å². The Labute approximate surface area is 153 Å². The van der Waals surface area contributed by atoms with Gasteiger partial charge in [0.25, 0.3) is 0 Å². The number of hydrogen-bond donors (Lipinski definition) is 1. The average molecular weight is 340 g/mol. The molecule has 0 spiro atoms. The first-order valence-corrected chi connectivity index (χ1v) is 8.48. The van der Waals surface area contributed by atoms with Gasteiger partial charge in [-0.2, -0.15) is 0 Å². The minimum Gasteiger partial charge on any atom is -0.478 e. The number of allylic oxidation sites excluding steroid dienone is 2. The van der Waals surface area contributed by atoms with E-state index >= 15 is 0 Å². The largest absolute Gasteiger partial charge is 0.478 e. The summed E-state index contributed by atoms with van der Waals surface area (Å²) in [5.74, 6) is -0.909. The third-order valence-corrected chi connectivity index (χ3v) is 4.16. The van der Waals surface area contributed by atoms with E-state index in [4.69, 9.17) is 5.11 Å². The number of carbonyl (C=O) groups is 1. The maximum absolute atomic E-state index is 10.9. The van der Waals surface area contributed by atoms with Crippen LogP contribution in [-0.2, 0) is 0 Å². The molecular formula is C24H20O2. The Morgan fingerprint density at radius 2 is 1.46 bits per heavy atom. The highest BCUT2D eigenvalue weighted by Crippen LogP contribution is 2.25. The summed E-state index contributed by atoms with van der Waals surface area (Å²) in [7, 11) is 0. The van der Waals surface area contributed by atoms with Gasteiger partial charge >= 0.3 is 5.97 Å². The van der Waals surface area contributed by atoms with Gasteiger partial charge in [0.1, 0.15) is 0 Å². The van der Waals surface area contributed by atoms with Gasteiger partial charge in [-0.3, -0.25) is 0 Å². The van der Waals surface area contributed by atoms with E-state index in [-0.39, 0.29) is 0 Å². The maximum atomic E-state index is 10.9. The molecule has 0 aromatic heterocycles. The van der Waals surface area contributed by atoms with E-state index in [1.807, 2.05) is 30.4 Å². The highest BCUT2D eigenvalue weighted by atomic mass is 16.4. The van der Waals surface area contributed by atoms with Crippen molar-refractivity contribution < 1.29 is 9.90 Å². The number of rotatable bonds is 5. The standard InChI is InChI=1S/C24H20O2/c1-18-10-14-21(15-11-18)23-9-5-4-8-20(23)7-3-2-6-19-12-16-22(17-13-19)24(25)26/h2-17H,1H3,(H,25,26)/b6-2+,7-3-. The van der Waals surface area contributed by atoms with Crippen LogP contribution < -0.4 is 0 Å². The van der Waals surface area contributed by atoms with Gasteiger partial charge in [-0.25, -0.2) is 4.79 Å². The van der Waals surface area contributed by atoms with Crippen molar-refractivity contribution in [3.05, 3.63) is 107 Å². The lowest BCUT2D eigenvalue weighted by molar-refractivity contribution is 0.0697. The first-order valence-electron chi connectivity index (χ1n) is 8.48. The van der Waals surface area contributed by atoms with Crippen LogP contribution in [0.25, 0.3) is 23.3 Å². The molecule has 1 N–H and O–H groups in total. The zero-order chi connectivity index (χ0) is 18.4. The van der Waals surface area contributed by atoms with Crippen molar-refractivity contribution in [3.63, 3.8) is 0 Å². The van der Waals surface area contributed by atoms with Crippen LogP contribution in [0.2, 0.25) is 0 Å². The van der Waals surface area contributed by atoms with Crippen LogP contribution in [-0.4, -0.2) is 11.1 Å². The number of hydrogen-bond acceptors (Lipinski definition) is 1. The molecule has 3 aromatic carbocycles. The molecule has 3 rings (SSSR count). The number of carboxylic acids is 1. The summed E-state index contributed by atoms with van der Waals surface area (Å²) in [6.07, 6.45) is 7.99. The quantitative estimate of drug-likeness (QED) is 0.571. The summed E-state index contributed by atoms with van der Waals surface area (Å²) in [4.78, 5) is 10.9. The number of aromatic carboxylic acids is 1. The van der Waals surface area contributed by atoms with Crippen molar-refractivity contribution >= 4 is 18.1 Å². The third-order valence-electron chi connectivity index (χ3n) is 4.16. The van der Waals surface area contributed by atoms with E-state index in [2.05, 4.69) is 49.4 Å². The molecule has 0 amide bonds. The molecular weight excluding hydrogens is 320 g/mol. The van der Waals surface area contributed by atoms with Gasteiger partial charge in [-0.15, -0.1) is 0 Å². The summed E-state index contributed by atoms with van der Waals surface area (Å²) < 4.78 is 0. The topological polar surface area (TPSA) is 37.3 Å². The fourth-order valence-corrected chi connectivity index (χ4v) is 2.70. The average Bonchev–Trinajstić information content (AvgIpc) is 2.67. The molecule has 128 valence electrons. The highest BCUT2D eigenvalue weighted by Gasteiger charge is 2.01. The second kappa shape index (κ2) is 8.13. The van der Waals surface area contributed by atoms with Gasteiger partial charge < -0.3 is 5.11 Å². The van der Waals surface area contributed by atoms with E-state index < -0.39 is 5.97 Å². The van der Waals surface area contributed by atoms with Gasteiger partial charge in [-0.1, -0.05) is 90.5 Å². The predicted molar refractivity (Wildman–Crippen MR) is 108 cm³/mol. The molecule has 0 radical (unpaired) electrons. The van der Waals surface area contributed by atoms with Crippen molar-refractivity contribution in [2.75, 3.05) is 0 Å². The second-order valence-electron chi connectivity index (χ2n) is 6.10. The lowest BCUT2D eigenvalue weighted by Crippen LogP contribution is -1.94. The minimum absolute atomic E-state index is 0.296. The molecule has 2 nitrogen and oxygen atoms in total. The van der Waals surface area contributed by atoms with Crippen LogP contribution in [0, 0.1) is 6.92 Å². The Morgan fingerprint density at radius 1 is 0.808 bits per heavy atom. The van der Waals surface area contributed by atoms with Crippen LogP contribution in [0.1, 0.15) is 27.0 Å². The molecule has 0 heterocycles. The Morgan fingerprint density at radius 3 is 2.15 bits per heavy atom. The summed E-state index contributed by atoms with van der Waals surface area (Å²) in [6.45, 7) is 2.09. The molecule has 0 aliphatic carbocycles. The van der Waals surface area contributed by atoms with E-state index in [1.54, 1.807) is 24.3 Å². The highest BCUT2D eigenvalue weighted by molar-refractivity contribution is 5.87. The zero-order valence-electron chi connectivity index (χ0n) is 14.6. The van der Waals surface area contributed by atoms with E-state index in [9.17, 15) is 4.79 Å². The predicted octanol–water partition coefficient (Wildman–Crippen LogP) is 6.09. The fraction of sp³-hybridized carbons (Fsp3) is 0.0417. The first kappa shape index (κ1) is 17.4. The summed E-state index contributed by atoms with van der Waals surface area (Å²) in [5.41, 5.74) is 6.06. The maximum Gasteiger partial charge on any atom is 0.335 e. The molecule has 0 saturated heterocycles. The minimum atomic E-state index is -0.909. The van der Waals surface area contributed by atoms with Crippen LogP contribution in [0.3, 0.4) is 0 Å². The van der Waals surface area contributed by atoms with Gasteiger partial charge in [0.2, 0.25) is 0 Å². The van der Waals surface area contributed by atoms with Crippen LogP contribution in [0.15, 0.2) is 84.9 Å². The molecule has 0 atom stereocenters. The van der Waals surface area contributed by atoms with Gasteiger partial charge in [0, 0.05) is 0 Å². The summed E-state index contributed by atoms with van der Waals surface area (Å²) in [5, 5.41) is 8.92. The van der Waals surface area contributed by atoms with Gasteiger partial charge in [-0.05, 0) is 41.3 Å². The fourth-order valence-electron chi connectivity index (χ4n) is 2.70. The molecule has 26 heavy (non-hydrogen) atoms. The molecule has 0 fully saturated rings. The summed E-state index contributed by atoms with van der Waals surface area (Å²) in [6, 6.07) is 23.6. The van der Waals surface area contributed by atoms with Gasteiger partial charge in [0.05, 0.1) is 5.56 Å². The smallest absolute Gasteiger partial charge is 0.335 e. The Balaban J connectivity index is 1.76. The Kier molecular flexibility index (Phi) is 5.45. The molecule has 3 aromatic rings. The molecule has 2 heteroatoms. The van der Waals surface area contributed by atoms with Crippen LogP contribution in [0.4, 0.5) is 0 Å². The Hall–Kier alpha value is -3.39. The lowest BCUT2D eigenvalue weighted by Gasteiger charge is -2.06. The molecule has 0 bridgehead atoms. The van der Waals surface area contributed by atoms with Crippen molar-refractivity contribution in [2.45, 2.75) is 6.92 Å². The molecule has 0 aliphatic heterocycles. The van der Waals surface area contributed by atoms with E-state index in [0.29, 0.717) is 5.56 Å². The lowest BCUT2D eigenvalue weighted by atomic mass is 9.98. The summed E-state index contributed by atoms with van der Waals surface area (Å²) >= 11 is 0. The SMILES string of the molecule is Cc1ccc(-c2ccccc2/C=C\C=C\c2ccc(C(=O)O)cc2)cc1. The zero-order valence-corrected chi connectivity index (χ0v) is 14.6.